The molecule has 1 N–H and O–H groups in total. The van der Waals surface area contributed by atoms with Gasteiger partial charge in [0.2, 0.25) is 0 Å². The lowest BCUT2D eigenvalue weighted by Gasteiger charge is -1.91. The number of nitro groups is 1. The van der Waals surface area contributed by atoms with Crippen LogP contribution in [0.2, 0.25) is 0 Å². The molecule has 0 aliphatic rings. The summed E-state index contributed by atoms with van der Waals surface area (Å²) in [6.45, 7) is 0. The predicted octanol–water partition coefficient (Wildman–Crippen LogP) is -0.0692. The number of aromatic amines is 1. The van der Waals surface area contributed by atoms with Crippen LogP contribution in [-0.4, -0.2) is 19.5 Å². The first-order valence-corrected chi connectivity index (χ1v) is 3.39. The van der Waals surface area contributed by atoms with Crippen LogP contribution < -0.4 is 5.56 Å². The van der Waals surface area contributed by atoms with Gasteiger partial charge in [0, 0.05) is 12.3 Å². The monoisotopic (exact) mass is 180 g/mol. The van der Waals surface area contributed by atoms with E-state index in [9.17, 15) is 14.9 Å². The Labute approximate surface area is 70.8 Å². The van der Waals surface area contributed by atoms with Crippen LogP contribution >= 0.6 is 0 Å². The van der Waals surface area contributed by atoms with Gasteiger partial charge in [-0.15, -0.1) is 0 Å². The number of rotatable bonds is 1. The van der Waals surface area contributed by atoms with Gasteiger partial charge < -0.3 is 0 Å². The Morgan fingerprint density at radius 3 is 3.08 bits per heavy atom. The van der Waals surface area contributed by atoms with Crippen LogP contribution in [-0.2, 0) is 0 Å². The third-order valence-electron chi connectivity index (χ3n) is 1.60. The topological polar surface area (TPSA) is 93.3 Å². The van der Waals surface area contributed by atoms with E-state index in [-0.39, 0.29) is 0 Å². The van der Waals surface area contributed by atoms with Gasteiger partial charge in [-0.3, -0.25) is 20.0 Å². The first-order valence-electron chi connectivity index (χ1n) is 3.39. The zero-order valence-electron chi connectivity index (χ0n) is 6.30. The molecule has 0 bridgehead atoms. The fourth-order valence-electron chi connectivity index (χ4n) is 1.01. The van der Waals surface area contributed by atoms with Crippen molar-refractivity contribution >= 4 is 11.3 Å². The standard InChI is InChI=1S/C6H4N4O3/c11-6-4(10(12)13)3-7-5-1-2-8-9(5)6/h1-3,8H. The Kier molecular flexibility index (Phi) is 1.38. The number of nitrogens with zero attached hydrogens (tertiary/aromatic N) is 3. The molecule has 0 saturated carbocycles. The van der Waals surface area contributed by atoms with E-state index < -0.39 is 16.2 Å². The SMILES string of the molecule is O=c1c([N+](=O)[O-])cnc2cc[nH]n12. The zero-order valence-corrected chi connectivity index (χ0v) is 6.30. The van der Waals surface area contributed by atoms with Crippen molar-refractivity contribution in [3.63, 3.8) is 0 Å². The smallest absolute Gasteiger partial charge is 0.297 e. The molecule has 2 rings (SSSR count). The minimum absolute atomic E-state index is 0.357. The first-order chi connectivity index (χ1) is 6.20. The zero-order chi connectivity index (χ0) is 9.42. The summed E-state index contributed by atoms with van der Waals surface area (Å²) in [5.41, 5.74) is -0.893. The Morgan fingerprint density at radius 2 is 2.38 bits per heavy atom. The first kappa shape index (κ1) is 7.47. The molecule has 0 spiro atoms. The van der Waals surface area contributed by atoms with Crippen molar-refractivity contribution < 1.29 is 4.92 Å². The average molecular weight is 180 g/mol. The lowest BCUT2D eigenvalue weighted by atomic mass is 10.5. The summed E-state index contributed by atoms with van der Waals surface area (Å²) >= 11 is 0. The maximum atomic E-state index is 11.3. The van der Waals surface area contributed by atoms with E-state index in [1.165, 1.54) is 6.20 Å². The second kappa shape index (κ2) is 2.41. The summed E-state index contributed by atoms with van der Waals surface area (Å²) in [5, 5.41) is 12.8. The normalized spacial score (nSPS) is 10.5. The van der Waals surface area contributed by atoms with Crippen molar-refractivity contribution in [2.75, 3.05) is 0 Å². The molecule has 13 heavy (non-hydrogen) atoms. The third kappa shape index (κ3) is 0.975. The van der Waals surface area contributed by atoms with Gasteiger partial charge in [-0.2, -0.15) is 4.52 Å². The molecular weight excluding hydrogens is 176 g/mol. The van der Waals surface area contributed by atoms with Gasteiger partial charge in [0.05, 0.1) is 4.92 Å². The number of H-pyrrole nitrogens is 1. The lowest BCUT2D eigenvalue weighted by molar-refractivity contribution is -0.386. The van der Waals surface area contributed by atoms with E-state index in [0.29, 0.717) is 5.65 Å². The second-order valence-corrected chi connectivity index (χ2v) is 2.36. The predicted molar refractivity (Wildman–Crippen MR) is 42.5 cm³/mol. The third-order valence-corrected chi connectivity index (χ3v) is 1.60. The highest BCUT2D eigenvalue weighted by Crippen LogP contribution is 2.02. The molecule has 66 valence electrons. The molecule has 0 amide bonds. The van der Waals surface area contributed by atoms with Gasteiger partial charge >= 0.3 is 11.2 Å². The fraction of sp³-hybridized carbons (Fsp3) is 0. The Hall–Kier alpha value is -2.18. The number of nitrogens with one attached hydrogen (secondary N) is 1. The van der Waals surface area contributed by atoms with Crippen LogP contribution in [0.5, 0.6) is 0 Å². The summed E-state index contributed by atoms with van der Waals surface area (Å²) in [5.74, 6) is 0. The van der Waals surface area contributed by atoms with E-state index in [4.69, 9.17) is 0 Å². The molecule has 0 saturated heterocycles. The van der Waals surface area contributed by atoms with Crippen LogP contribution in [0.1, 0.15) is 0 Å². The van der Waals surface area contributed by atoms with Gasteiger partial charge in [-0.05, 0) is 0 Å². The van der Waals surface area contributed by atoms with E-state index in [2.05, 4.69) is 10.1 Å². The highest BCUT2D eigenvalue weighted by atomic mass is 16.6. The van der Waals surface area contributed by atoms with E-state index in [0.717, 1.165) is 10.7 Å². The fourth-order valence-corrected chi connectivity index (χ4v) is 1.01. The Morgan fingerprint density at radius 1 is 1.62 bits per heavy atom. The Bertz CT molecular complexity index is 526. The molecule has 7 heteroatoms. The van der Waals surface area contributed by atoms with Gasteiger partial charge in [-0.25, -0.2) is 4.98 Å². The summed E-state index contributed by atoms with van der Waals surface area (Å²) in [6, 6.07) is 1.55. The van der Waals surface area contributed by atoms with Gasteiger partial charge in [0.15, 0.2) is 5.65 Å². The summed E-state index contributed by atoms with van der Waals surface area (Å²) in [7, 11) is 0. The van der Waals surface area contributed by atoms with Crippen LogP contribution in [0.25, 0.3) is 5.65 Å². The molecule has 0 atom stereocenters. The van der Waals surface area contributed by atoms with Crippen molar-refractivity contribution in [1.29, 1.82) is 0 Å². The van der Waals surface area contributed by atoms with Crippen molar-refractivity contribution in [3.8, 4) is 0 Å². The van der Waals surface area contributed by atoms with Crippen LogP contribution in [0, 0.1) is 10.1 Å². The molecule has 0 aromatic carbocycles. The molecule has 7 nitrogen and oxygen atoms in total. The van der Waals surface area contributed by atoms with Gasteiger partial charge in [-0.1, -0.05) is 0 Å². The highest BCUT2D eigenvalue weighted by molar-refractivity contribution is 5.39. The highest BCUT2D eigenvalue weighted by Gasteiger charge is 2.14. The summed E-state index contributed by atoms with van der Waals surface area (Å²) in [6.07, 6.45) is 2.43. The number of hydrogen-bond donors (Lipinski definition) is 1. The molecule has 0 radical (unpaired) electrons. The second-order valence-electron chi connectivity index (χ2n) is 2.36. The average Bonchev–Trinajstić information content (AvgIpc) is 2.52. The van der Waals surface area contributed by atoms with Crippen molar-refractivity contribution in [3.05, 3.63) is 38.9 Å². The maximum Gasteiger partial charge on any atom is 0.354 e. The molecule has 0 aliphatic heterocycles. The molecule has 2 aromatic rings. The van der Waals surface area contributed by atoms with Crippen molar-refractivity contribution in [2.24, 2.45) is 0 Å². The van der Waals surface area contributed by atoms with Crippen LogP contribution in [0.4, 0.5) is 5.69 Å². The van der Waals surface area contributed by atoms with Gasteiger partial charge in [0.25, 0.3) is 0 Å². The number of fused-ring (bicyclic) bond motifs is 1. The molecule has 2 heterocycles. The molecule has 0 aliphatic carbocycles. The van der Waals surface area contributed by atoms with Crippen LogP contribution in [0.3, 0.4) is 0 Å². The number of aromatic nitrogens is 3. The summed E-state index contributed by atoms with van der Waals surface area (Å²) in [4.78, 5) is 24.6. The minimum Gasteiger partial charge on any atom is -0.297 e. The van der Waals surface area contributed by atoms with Crippen LogP contribution in [0.15, 0.2) is 23.3 Å². The van der Waals surface area contributed by atoms with E-state index in [1.807, 2.05) is 0 Å². The number of hydrogen-bond acceptors (Lipinski definition) is 4. The quantitative estimate of drug-likeness (QED) is 0.491. The molecule has 0 fully saturated rings. The lowest BCUT2D eigenvalue weighted by Crippen LogP contribution is -2.17. The largest absolute Gasteiger partial charge is 0.354 e. The van der Waals surface area contributed by atoms with Crippen molar-refractivity contribution in [1.82, 2.24) is 14.6 Å². The minimum atomic E-state index is -0.761. The van der Waals surface area contributed by atoms with E-state index in [1.54, 1.807) is 6.07 Å². The molecular formula is C6H4N4O3. The van der Waals surface area contributed by atoms with E-state index >= 15 is 0 Å². The maximum absolute atomic E-state index is 11.3. The van der Waals surface area contributed by atoms with Crippen molar-refractivity contribution in [2.45, 2.75) is 0 Å². The molecule has 2 aromatic heterocycles. The van der Waals surface area contributed by atoms with Gasteiger partial charge in [0.1, 0.15) is 6.20 Å². The Balaban J connectivity index is 2.89. The molecule has 0 unspecified atom stereocenters. The summed E-state index contributed by atoms with van der Waals surface area (Å²) < 4.78 is 1.01.